The smallest absolute Gasteiger partial charge is 0.120 e. The van der Waals surface area contributed by atoms with Gasteiger partial charge in [-0.15, -0.1) is 0 Å². The van der Waals surface area contributed by atoms with Crippen molar-refractivity contribution in [2.75, 3.05) is 0 Å². The van der Waals surface area contributed by atoms with Crippen LogP contribution in [0.1, 0.15) is 36.9 Å². The Bertz CT molecular complexity index is 378. The van der Waals surface area contributed by atoms with Crippen LogP contribution in [0.3, 0.4) is 0 Å². The molecule has 3 N–H and O–H groups in total. The molecule has 0 saturated heterocycles. The van der Waals surface area contributed by atoms with Crippen molar-refractivity contribution in [3.63, 3.8) is 0 Å². The van der Waals surface area contributed by atoms with E-state index in [2.05, 4.69) is 12.2 Å². The molecule has 0 aliphatic heterocycles. The topological polar surface area (TPSA) is 46.2 Å². The first-order chi connectivity index (χ1) is 7.18. The molecule has 1 atom stereocenters. The van der Waals surface area contributed by atoms with E-state index in [1.165, 1.54) is 12.8 Å². The van der Waals surface area contributed by atoms with Crippen LogP contribution in [-0.4, -0.2) is 5.11 Å². The predicted octanol–water partition coefficient (Wildman–Crippen LogP) is 2.84. The largest absolute Gasteiger partial charge is 0.508 e. The van der Waals surface area contributed by atoms with Gasteiger partial charge in [-0.2, -0.15) is 0 Å². The third-order valence-electron chi connectivity index (χ3n) is 2.74. The van der Waals surface area contributed by atoms with Gasteiger partial charge in [-0.3, -0.25) is 0 Å². The predicted molar refractivity (Wildman–Crippen MR) is 62.5 cm³/mol. The lowest BCUT2D eigenvalue weighted by molar-refractivity contribution is 0.463. The molecular formula is C13H17NO. The summed E-state index contributed by atoms with van der Waals surface area (Å²) in [5, 5.41) is 9.73. The van der Waals surface area contributed by atoms with E-state index in [-0.39, 0.29) is 6.04 Å². The van der Waals surface area contributed by atoms with Gasteiger partial charge in [0, 0.05) is 11.6 Å². The zero-order valence-corrected chi connectivity index (χ0v) is 8.98. The second kappa shape index (κ2) is 4.07. The van der Waals surface area contributed by atoms with Gasteiger partial charge in [-0.1, -0.05) is 24.3 Å². The fraction of sp³-hybridized carbons (Fsp3) is 0.385. The molecule has 15 heavy (non-hydrogen) atoms. The van der Waals surface area contributed by atoms with Crippen molar-refractivity contribution in [1.82, 2.24) is 0 Å². The maximum Gasteiger partial charge on any atom is 0.120 e. The van der Waals surface area contributed by atoms with Gasteiger partial charge in [0.15, 0.2) is 0 Å². The highest BCUT2D eigenvalue weighted by atomic mass is 16.3. The average molecular weight is 203 g/mol. The first kappa shape index (κ1) is 10.2. The highest BCUT2D eigenvalue weighted by Crippen LogP contribution is 2.33. The molecule has 0 aromatic heterocycles. The zero-order chi connectivity index (χ0) is 10.8. The van der Waals surface area contributed by atoms with Gasteiger partial charge in [0.05, 0.1) is 0 Å². The Morgan fingerprint density at radius 1 is 1.47 bits per heavy atom. The molecule has 2 rings (SSSR count). The molecule has 2 nitrogen and oxygen atoms in total. The Kier molecular flexibility index (Phi) is 2.78. The summed E-state index contributed by atoms with van der Waals surface area (Å²) in [6.07, 6.45) is 6.88. The van der Waals surface area contributed by atoms with E-state index < -0.39 is 0 Å². The van der Waals surface area contributed by atoms with Crippen molar-refractivity contribution >= 4 is 6.08 Å². The number of hydrogen-bond donors (Lipinski definition) is 2. The second-order valence-electron chi connectivity index (χ2n) is 4.27. The van der Waals surface area contributed by atoms with Gasteiger partial charge >= 0.3 is 0 Å². The fourth-order valence-corrected chi connectivity index (χ4v) is 1.74. The standard InChI is InChI=1S/C13H17NO/c1-9(14)13-11(3-2-4-12(13)15)8-7-10-5-6-10/h2-4,7-10,15H,5-6,14H2,1H3/b8-7+/t9-/m0/s1. The van der Waals surface area contributed by atoms with E-state index in [4.69, 9.17) is 5.73 Å². The highest BCUT2D eigenvalue weighted by molar-refractivity contribution is 5.59. The van der Waals surface area contributed by atoms with E-state index in [9.17, 15) is 5.11 Å². The summed E-state index contributed by atoms with van der Waals surface area (Å²) in [4.78, 5) is 0. The SMILES string of the molecule is C[C@H](N)c1c(O)cccc1/C=C/C1CC1. The number of allylic oxidation sites excluding steroid dienone is 1. The summed E-state index contributed by atoms with van der Waals surface area (Å²) in [5.41, 5.74) is 7.72. The van der Waals surface area contributed by atoms with Crippen molar-refractivity contribution < 1.29 is 5.11 Å². The van der Waals surface area contributed by atoms with Crippen molar-refractivity contribution in [3.8, 4) is 5.75 Å². The van der Waals surface area contributed by atoms with Crippen LogP contribution in [0.25, 0.3) is 6.08 Å². The summed E-state index contributed by atoms with van der Waals surface area (Å²) in [7, 11) is 0. The van der Waals surface area contributed by atoms with Crippen molar-refractivity contribution in [1.29, 1.82) is 0 Å². The maximum atomic E-state index is 9.73. The third kappa shape index (κ3) is 2.39. The van der Waals surface area contributed by atoms with Gasteiger partial charge in [-0.05, 0) is 37.3 Å². The number of phenols is 1. The van der Waals surface area contributed by atoms with E-state index in [1.54, 1.807) is 6.07 Å². The van der Waals surface area contributed by atoms with Crippen LogP contribution in [0, 0.1) is 5.92 Å². The molecule has 80 valence electrons. The second-order valence-corrected chi connectivity index (χ2v) is 4.27. The number of hydrogen-bond acceptors (Lipinski definition) is 2. The zero-order valence-electron chi connectivity index (χ0n) is 8.98. The minimum absolute atomic E-state index is 0.134. The maximum absolute atomic E-state index is 9.73. The van der Waals surface area contributed by atoms with Crippen LogP contribution >= 0.6 is 0 Å². The van der Waals surface area contributed by atoms with Crippen LogP contribution in [0.2, 0.25) is 0 Å². The molecule has 0 amide bonds. The van der Waals surface area contributed by atoms with E-state index >= 15 is 0 Å². The summed E-state index contributed by atoms with van der Waals surface area (Å²) in [6, 6.07) is 5.41. The minimum Gasteiger partial charge on any atom is -0.508 e. The fourth-order valence-electron chi connectivity index (χ4n) is 1.74. The average Bonchev–Trinajstić information content (AvgIpc) is 2.97. The Labute approximate surface area is 90.4 Å². The number of phenolic OH excluding ortho intramolecular Hbond substituents is 1. The van der Waals surface area contributed by atoms with Crippen LogP contribution in [-0.2, 0) is 0 Å². The third-order valence-corrected chi connectivity index (χ3v) is 2.74. The van der Waals surface area contributed by atoms with Gasteiger partial charge in [0.1, 0.15) is 5.75 Å². The summed E-state index contributed by atoms with van der Waals surface area (Å²) >= 11 is 0. The summed E-state index contributed by atoms with van der Waals surface area (Å²) in [5.74, 6) is 1.04. The molecule has 1 fully saturated rings. The van der Waals surface area contributed by atoms with Crippen molar-refractivity contribution in [2.24, 2.45) is 11.7 Å². The Morgan fingerprint density at radius 3 is 2.80 bits per heavy atom. The van der Waals surface area contributed by atoms with Gasteiger partial charge in [-0.25, -0.2) is 0 Å². The van der Waals surface area contributed by atoms with Gasteiger partial charge in [0.2, 0.25) is 0 Å². The minimum atomic E-state index is -0.134. The van der Waals surface area contributed by atoms with Crippen LogP contribution < -0.4 is 5.73 Å². The van der Waals surface area contributed by atoms with E-state index in [0.717, 1.165) is 17.0 Å². The number of benzene rings is 1. The first-order valence-corrected chi connectivity index (χ1v) is 5.44. The molecule has 1 aromatic rings. The van der Waals surface area contributed by atoms with E-state index in [1.807, 2.05) is 19.1 Å². The molecule has 1 saturated carbocycles. The molecule has 2 heteroatoms. The van der Waals surface area contributed by atoms with Gasteiger partial charge in [0.25, 0.3) is 0 Å². The van der Waals surface area contributed by atoms with Crippen molar-refractivity contribution in [3.05, 3.63) is 35.4 Å². The van der Waals surface area contributed by atoms with Gasteiger partial charge < -0.3 is 10.8 Å². The van der Waals surface area contributed by atoms with E-state index in [0.29, 0.717) is 5.75 Å². The monoisotopic (exact) mass is 203 g/mol. The Morgan fingerprint density at radius 2 is 2.20 bits per heavy atom. The number of aromatic hydroxyl groups is 1. The quantitative estimate of drug-likeness (QED) is 0.793. The molecular weight excluding hydrogens is 186 g/mol. The lowest BCUT2D eigenvalue weighted by Gasteiger charge is -2.11. The molecule has 0 radical (unpaired) electrons. The molecule has 0 bridgehead atoms. The molecule has 1 aromatic carbocycles. The van der Waals surface area contributed by atoms with Crippen LogP contribution in [0.5, 0.6) is 5.75 Å². The Hall–Kier alpha value is -1.28. The molecule has 0 heterocycles. The van der Waals surface area contributed by atoms with Crippen molar-refractivity contribution in [2.45, 2.75) is 25.8 Å². The lowest BCUT2D eigenvalue weighted by atomic mass is 10.00. The Balaban J connectivity index is 2.31. The molecule has 0 unspecified atom stereocenters. The number of nitrogens with two attached hydrogens (primary N) is 1. The molecule has 1 aliphatic carbocycles. The first-order valence-electron chi connectivity index (χ1n) is 5.44. The summed E-state index contributed by atoms with van der Waals surface area (Å²) in [6.45, 7) is 1.89. The van der Waals surface area contributed by atoms with Crippen LogP contribution in [0.15, 0.2) is 24.3 Å². The lowest BCUT2D eigenvalue weighted by Crippen LogP contribution is -2.07. The molecule has 0 spiro atoms. The van der Waals surface area contributed by atoms with Crippen LogP contribution in [0.4, 0.5) is 0 Å². The summed E-state index contributed by atoms with van der Waals surface area (Å²) < 4.78 is 0. The highest BCUT2D eigenvalue weighted by Gasteiger charge is 2.17. The number of rotatable bonds is 3. The molecule has 1 aliphatic rings. The normalized spacial score (nSPS) is 18.3.